The van der Waals surface area contributed by atoms with Crippen LogP contribution in [0.1, 0.15) is 43.2 Å². The Morgan fingerprint density at radius 3 is 2.42 bits per heavy atom. The van der Waals surface area contributed by atoms with Gasteiger partial charge in [-0.1, -0.05) is 31.4 Å². The highest BCUT2D eigenvalue weighted by atomic mass is 79.9. The Balaban J connectivity index is 1.49. The first-order chi connectivity index (χ1) is 14.9. The fourth-order valence-corrected chi connectivity index (χ4v) is 5.72. The lowest BCUT2D eigenvalue weighted by Crippen LogP contribution is -2.41. The molecule has 0 bridgehead atoms. The van der Waals surface area contributed by atoms with Crippen LogP contribution in [-0.4, -0.2) is 22.0 Å². The fraction of sp³-hybridized carbons (Fsp3) is 0.304. The zero-order valence-electron chi connectivity index (χ0n) is 16.7. The molecule has 0 atom stereocenters. The molecule has 1 N–H and O–H groups in total. The molecule has 0 aromatic heterocycles. The predicted octanol–water partition coefficient (Wildman–Crippen LogP) is 6.32. The van der Waals surface area contributed by atoms with Gasteiger partial charge >= 0.3 is 0 Å². The van der Waals surface area contributed by atoms with Crippen LogP contribution in [0.25, 0.3) is 6.08 Å². The first-order valence-electron chi connectivity index (χ1n) is 10.1. The van der Waals surface area contributed by atoms with Crippen molar-refractivity contribution in [1.29, 1.82) is 0 Å². The molecule has 1 aliphatic carbocycles. The molecule has 1 heterocycles. The lowest BCUT2D eigenvalue weighted by atomic mass is 9.94. The van der Waals surface area contributed by atoms with Gasteiger partial charge in [0.25, 0.3) is 5.91 Å². The van der Waals surface area contributed by atoms with Crippen molar-refractivity contribution in [1.82, 2.24) is 10.2 Å². The van der Waals surface area contributed by atoms with E-state index in [1.807, 2.05) is 12.1 Å². The van der Waals surface area contributed by atoms with Crippen molar-refractivity contribution in [3.8, 4) is 5.75 Å². The average molecular weight is 568 g/mol. The second kappa shape index (κ2) is 9.79. The van der Waals surface area contributed by atoms with Crippen molar-refractivity contribution >= 4 is 61.2 Å². The number of carbonyl (C=O) groups is 1. The normalized spacial score (nSPS) is 18.5. The molecule has 2 aromatic carbocycles. The highest BCUT2D eigenvalue weighted by molar-refractivity contribution is 9.11. The van der Waals surface area contributed by atoms with E-state index >= 15 is 0 Å². The molecular weight excluding hydrogens is 547 g/mol. The molecule has 2 aliphatic rings. The molecule has 0 radical (unpaired) electrons. The molecule has 4 rings (SSSR count). The Kier molecular flexibility index (Phi) is 7.08. The van der Waals surface area contributed by atoms with Crippen molar-refractivity contribution in [2.24, 2.45) is 0 Å². The minimum absolute atomic E-state index is 0.0687. The van der Waals surface area contributed by atoms with Crippen LogP contribution in [0.2, 0.25) is 0 Å². The number of rotatable bonds is 5. The van der Waals surface area contributed by atoms with Crippen LogP contribution in [-0.2, 0) is 11.4 Å². The molecular formula is C23H21Br2FN2O2S. The summed E-state index contributed by atoms with van der Waals surface area (Å²) in [6.45, 7) is 0.308. The van der Waals surface area contributed by atoms with Crippen LogP contribution < -0.4 is 10.1 Å². The van der Waals surface area contributed by atoms with E-state index in [1.165, 1.54) is 18.6 Å². The molecule has 31 heavy (non-hydrogen) atoms. The summed E-state index contributed by atoms with van der Waals surface area (Å²) in [5, 5.41) is 3.57. The van der Waals surface area contributed by atoms with Gasteiger partial charge in [-0.05, 0) is 98.4 Å². The van der Waals surface area contributed by atoms with Gasteiger partial charge in [-0.3, -0.25) is 9.69 Å². The Morgan fingerprint density at radius 2 is 1.77 bits per heavy atom. The van der Waals surface area contributed by atoms with Gasteiger partial charge in [0, 0.05) is 6.04 Å². The van der Waals surface area contributed by atoms with Crippen molar-refractivity contribution in [2.75, 3.05) is 0 Å². The van der Waals surface area contributed by atoms with E-state index in [-0.39, 0.29) is 17.8 Å². The summed E-state index contributed by atoms with van der Waals surface area (Å²) in [5.74, 6) is 0.289. The van der Waals surface area contributed by atoms with E-state index in [0.29, 0.717) is 23.2 Å². The number of carbonyl (C=O) groups excluding carboxylic acids is 1. The zero-order chi connectivity index (χ0) is 22.0. The second-order valence-electron chi connectivity index (χ2n) is 7.68. The Bertz CT molecular complexity index is 1010. The van der Waals surface area contributed by atoms with E-state index in [1.54, 1.807) is 23.1 Å². The van der Waals surface area contributed by atoms with Crippen molar-refractivity contribution in [3.63, 3.8) is 0 Å². The largest absolute Gasteiger partial charge is 0.487 e. The topological polar surface area (TPSA) is 41.6 Å². The van der Waals surface area contributed by atoms with Gasteiger partial charge in [0.15, 0.2) is 5.11 Å². The van der Waals surface area contributed by atoms with E-state index in [9.17, 15) is 9.18 Å². The Hall–Kier alpha value is -1.77. The molecule has 162 valence electrons. The van der Waals surface area contributed by atoms with E-state index in [4.69, 9.17) is 17.0 Å². The molecule has 1 saturated heterocycles. The average Bonchev–Trinajstić information content (AvgIpc) is 3.02. The van der Waals surface area contributed by atoms with E-state index in [0.717, 1.165) is 45.8 Å². The predicted molar refractivity (Wildman–Crippen MR) is 130 cm³/mol. The third-order valence-corrected chi connectivity index (χ3v) is 6.95. The summed E-state index contributed by atoms with van der Waals surface area (Å²) >= 11 is 12.5. The van der Waals surface area contributed by atoms with Gasteiger partial charge in [0.2, 0.25) is 0 Å². The maximum atomic E-state index is 13.1. The number of thiocarbonyl (C=S) groups is 1. The van der Waals surface area contributed by atoms with Crippen molar-refractivity contribution in [3.05, 3.63) is 68.0 Å². The summed E-state index contributed by atoms with van der Waals surface area (Å²) in [6.07, 6.45) is 7.29. The Labute approximate surface area is 203 Å². The van der Waals surface area contributed by atoms with Crippen LogP contribution in [0.15, 0.2) is 51.0 Å². The van der Waals surface area contributed by atoms with Crippen molar-refractivity contribution < 1.29 is 13.9 Å². The number of hydrogen-bond acceptors (Lipinski definition) is 3. The van der Waals surface area contributed by atoms with Gasteiger partial charge < -0.3 is 10.1 Å². The molecule has 2 aromatic rings. The third-order valence-electron chi connectivity index (χ3n) is 5.48. The molecule has 0 spiro atoms. The fourth-order valence-electron chi connectivity index (χ4n) is 3.92. The number of halogens is 3. The smallest absolute Gasteiger partial charge is 0.276 e. The maximum absolute atomic E-state index is 13.1. The van der Waals surface area contributed by atoms with Crippen LogP contribution in [0, 0.1) is 5.82 Å². The van der Waals surface area contributed by atoms with Crippen LogP contribution in [0.4, 0.5) is 4.39 Å². The molecule has 1 amide bonds. The van der Waals surface area contributed by atoms with Crippen molar-refractivity contribution in [2.45, 2.75) is 44.8 Å². The number of amides is 1. The standard InChI is InChI=1S/C23H21Br2FN2O2S/c24-18-10-15(11-19(25)21(18)30-13-14-6-8-16(26)9-7-14)12-20-22(29)28(23(31)27-20)17-4-2-1-3-5-17/h6-12,17H,1-5,13H2,(H,27,31)/b20-12-. The van der Waals surface area contributed by atoms with Gasteiger partial charge in [-0.15, -0.1) is 0 Å². The first kappa shape index (κ1) is 22.4. The summed E-state index contributed by atoms with van der Waals surface area (Å²) in [5.41, 5.74) is 2.18. The summed E-state index contributed by atoms with van der Waals surface area (Å²) in [4.78, 5) is 14.7. The number of benzene rings is 2. The van der Waals surface area contributed by atoms with Crippen LogP contribution in [0.3, 0.4) is 0 Å². The molecule has 4 nitrogen and oxygen atoms in total. The SMILES string of the molecule is O=C1/C(=C/c2cc(Br)c(OCc3ccc(F)cc3)c(Br)c2)NC(=S)N1C1CCCCC1. The van der Waals surface area contributed by atoms with Crippen LogP contribution in [0.5, 0.6) is 5.75 Å². The van der Waals surface area contributed by atoms with Crippen LogP contribution >= 0.6 is 44.1 Å². The highest BCUT2D eigenvalue weighted by Crippen LogP contribution is 2.36. The Morgan fingerprint density at radius 1 is 1.13 bits per heavy atom. The molecule has 1 aliphatic heterocycles. The second-order valence-corrected chi connectivity index (χ2v) is 9.78. The molecule has 2 fully saturated rings. The minimum atomic E-state index is -0.278. The van der Waals surface area contributed by atoms with Gasteiger partial charge in [-0.25, -0.2) is 4.39 Å². The van der Waals surface area contributed by atoms with Gasteiger partial charge in [0.05, 0.1) is 8.95 Å². The van der Waals surface area contributed by atoms with E-state index < -0.39 is 0 Å². The molecule has 8 heteroatoms. The number of ether oxygens (including phenoxy) is 1. The zero-order valence-corrected chi connectivity index (χ0v) is 20.7. The monoisotopic (exact) mass is 566 g/mol. The summed E-state index contributed by atoms with van der Waals surface area (Å²) in [6, 6.07) is 10.2. The van der Waals surface area contributed by atoms with Gasteiger partial charge in [-0.2, -0.15) is 0 Å². The minimum Gasteiger partial charge on any atom is -0.487 e. The number of nitrogens with one attached hydrogen (secondary N) is 1. The third kappa shape index (κ3) is 5.18. The first-order valence-corrected chi connectivity index (χ1v) is 12.1. The summed E-state index contributed by atoms with van der Waals surface area (Å²) < 4.78 is 20.5. The lowest BCUT2D eigenvalue weighted by molar-refractivity contribution is -0.124. The maximum Gasteiger partial charge on any atom is 0.276 e. The molecule has 1 saturated carbocycles. The number of nitrogens with zero attached hydrogens (tertiary/aromatic N) is 1. The summed E-state index contributed by atoms with van der Waals surface area (Å²) in [7, 11) is 0. The quantitative estimate of drug-likeness (QED) is 0.339. The van der Waals surface area contributed by atoms with E-state index in [2.05, 4.69) is 37.2 Å². The van der Waals surface area contributed by atoms with Gasteiger partial charge in [0.1, 0.15) is 23.9 Å². The number of hydrogen-bond donors (Lipinski definition) is 1. The molecule has 0 unspecified atom stereocenters. The lowest BCUT2D eigenvalue weighted by Gasteiger charge is -2.29. The highest BCUT2D eigenvalue weighted by Gasteiger charge is 2.36.